The lowest BCUT2D eigenvalue weighted by Crippen LogP contribution is -2.17. The van der Waals surface area contributed by atoms with E-state index in [4.69, 9.17) is 9.88 Å². The summed E-state index contributed by atoms with van der Waals surface area (Å²) in [7, 11) is -3.98. The van der Waals surface area contributed by atoms with Crippen LogP contribution < -0.4 is 15.2 Å². The molecule has 0 aliphatic carbocycles. The van der Waals surface area contributed by atoms with E-state index in [1.54, 1.807) is 12.1 Å². The molecule has 0 atom stereocenters. The fraction of sp³-hybridized carbons (Fsp3) is 0.208. The molecule has 34 heavy (non-hydrogen) atoms. The molecule has 3 aromatic rings. The van der Waals surface area contributed by atoms with Gasteiger partial charge in [-0.2, -0.15) is 13.2 Å². The molecule has 0 unspecified atom stereocenters. The molecule has 0 aliphatic heterocycles. The van der Waals surface area contributed by atoms with Crippen LogP contribution in [0.1, 0.15) is 42.3 Å². The molecule has 0 aromatic heterocycles. The van der Waals surface area contributed by atoms with E-state index < -0.39 is 27.7 Å². The summed E-state index contributed by atoms with van der Waals surface area (Å²) in [6.07, 6.45) is -4.55. The summed E-state index contributed by atoms with van der Waals surface area (Å²) in [6.45, 7) is 5.82. The SMILES string of the molecule is CC(C)(C)c1ccc(C(=O)Nc2cccc(S(N)(=O)=O)c2)c(Oc2cccc(C(F)(F)F)c2)c1. The number of hydrogen-bond donors (Lipinski definition) is 2. The number of carbonyl (C=O) groups excluding carboxylic acids is 1. The van der Waals surface area contributed by atoms with Crippen LogP contribution in [0.3, 0.4) is 0 Å². The van der Waals surface area contributed by atoms with E-state index in [1.165, 1.54) is 42.5 Å². The van der Waals surface area contributed by atoms with Crippen LogP contribution in [-0.2, 0) is 21.6 Å². The number of benzene rings is 3. The summed E-state index contributed by atoms with van der Waals surface area (Å²) in [5, 5.41) is 7.71. The number of hydrogen-bond acceptors (Lipinski definition) is 4. The quantitative estimate of drug-likeness (QED) is 0.478. The molecular formula is C24H23F3N2O4S. The summed E-state index contributed by atoms with van der Waals surface area (Å²) in [4.78, 5) is 12.8. The van der Waals surface area contributed by atoms with Gasteiger partial charge in [0, 0.05) is 5.69 Å². The summed E-state index contributed by atoms with van der Waals surface area (Å²) in [5.41, 5.74) is -0.206. The van der Waals surface area contributed by atoms with Crippen molar-refractivity contribution in [3.05, 3.63) is 83.4 Å². The molecule has 0 radical (unpaired) electrons. The van der Waals surface area contributed by atoms with E-state index in [9.17, 15) is 26.4 Å². The van der Waals surface area contributed by atoms with Gasteiger partial charge in [0.05, 0.1) is 16.0 Å². The van der Waals surface area contributed by atoms with Crippen LogP contribution in [0.25, 0.3) is 0 Å². The van der Waals surface area contributed by atoms with Gasteiger partial charge in [0.1, 0.15) is 11.5 Å². The molecule has 1 amide bonds. The van der Waals surface area contributed by atoms with Crippen LogP contribution in [0.15, 0.2) is 71.6 Å². The Labute approximate surface area is 195 Å². The number of primary sulfonamides is 1. The van der Waals surface area contributed by atoms with Crippen LogP contribution in [0.2, 0.25) is 0 Å². The lowest BCUT2D eigenvalue weighted by Gasteiger charge is -2.21. The van der Waals surface area contributed by atoms with Crippen molar-refractivity contribution >= 4 is 21.6 Å². The molecule has 0 heterocycles. The Morgan fingerprint density at radius 1 is 0.912 bits per heavy atom. The van der Waals surface area contributed by atoms with Gasteiger partial charge in [-0.05, 0) is 59.5 Å². The largest absolute Gasteiger partial charge is 0.457 e. The van der Waals surface area contributed by atoms with Gasteiger partial charge in [0.25, 0.3) is 5.91 Å². The van der Waals surface area contributed by atoms with E-state index in [0.29, 0.717) is 0 Å². The van der Waals surface area contributed by atoms with E-state index in [2.05, 4.69) is 5.32 Å². The predicted molar refractivity (Wildman–Crippen MR) is 122 cm³/mol. The smallest absolute Gasteiger partial charge is 0.416 e. The number of ether oxygens (including phenoxy) is 1. The maximum atomic E-state index is 13.1. The van der Waals surface area contributed by atoms with Crippen molar-refractivity contribution in [1.82, 2.24) is 0 Å². The fourth-order valence-electron chi connectivity index (χ4n) is 3.07. The second kappa shape index (κ2) is 9.11. The van der Waals surface area contributed by atoms with Crippen molar-refractivity contribution < 1.29 is 31.1 Å². The number of sulfonamides is 1. The third-order valence-corrected chi connectivity index (χ3v) is 5.81. The number of halogens is 3. The molecule has 0 fully saturated rings. The van der Waals surface area contributed by atoms with Gasteiger partial charge < -0.3 is 10.1 Å². The highest BCUT2D eigenvalue weighted by molar-refractivity contribution is 7.89. The average molecular weight is 493 g/mol. The Balaban J connectivity index is 2.00. The summed E-state index contributed by atoms with van der Waals surface area (Å²) < 4.78 is 68.3. The summed E-state index contributed by atoms with van der Waals surface area (Å²) >= 11 is 0. The Morgan fingerprint density at radius 2 is 1.59 bits per heavy atom. The summed E-state index contributed by atoms with van der Waals surface area (Å²) in [5.74, 6) is -0.688. The molecule has 0 spiro atoms. The lowest BCUT2D eigenvalue weighted by atomic mass is 9.86. The first kappa shape index (κ1) is 25.3. The zero-order chi connectivity index (χ0) is 25.3. The van der Waals surface area contributed by atoms with Crippen molar-refractivity contribution in [1.29, 1.82) is 0 Å². The van der Waals surface area contributed by atoms with Crippen molar-refractivity contribution in [2.24, 2.45) is 5.14 Å². The van der Waals surface area contributed by atoms with Crippen molar-refractivity contribution in [2.45, 2.75) is 37.3 Å². The van der Waals surface area contributed by atoms with Gasteiger partial charge in [-0.3, -0.25) is 4.79 Å². The Morgan fingerprint density at radius 3 is 2.21 bits per heavy atom. The number of anilines is 1. The van der Waals surface area contributed by atoms with Gasteiger partial charge in [-0.25, -0.2) is 13.6 Å². The maximum absolute atomic E-state index is 13.1. The lowest BCUT2D eigenvalue weighted by molar-refractivity contribution is -0.137. The van der Waals surface area contributed by atoms with Crippen LogP contribution in [0, 0.1) is 0 Å². The number of amides is 1. The minimum atomic E-state index is -4.55. The Kier molecular flexibility index (Phi) is 6.77. The molecule has 3 N–H and O–H groups in total. The van der Waals surface area contributed by atoms with Crippen LogP contribution in [-0.4, -0.2) is 14.3 Å². The standard InChI is InChI=1S/C24H23F3N2O4S/c1-23(2,3)15-10-11-20(22(30)29-17-7-5-9-19(14-17)34(28,31)32)21(13-15)33-18-8-4-6-16(12-18)24(25,26)27/h4-14H,1-3H3,(H,29,30)(H2,28,31,32). The van der Waals surface area contributed by atoms with E-state index in [1.807, 2.05) is 20.8 Å². The highest BCUT2D eigenvalue weighted by atomic mass is 32.2. The number of rotatable bonds is 5. The van der Waals surface area contributed by atoms with Gasteiger partial charge in [0.15, 0.2) is 0 Å². The molecule has 3 rings (SSSR count). The van der Waals surface area contributed by atoms with Crippen molar-refractivity contribution in [3.8, 4) is 11.5 Å². The Bertz CT molecular complexity index is 1330. The van der Waals surface area contributed by atoms with Crippen LogP contribution in [0.4, 0.5) is 18.9 Å². The Hall–Kier alpha value is -3.37. The molecule has 0 aliphatic rings. The minimum Gasteiger partial charge on any atom is -0.457 e. The number of carbonyl (C=O) groups is 1. The first-order chi connectivity index (χ1) is 15.6. The van der Waals surface area contributed by atoms with E-state index >= 15 is 0 Å². The zero-order valence-corrected chi connectivity index (χ0v) is 19.4. The normalized spacial score (nSPS) is 12.3. The van der Waals surface area contributed by atoms with Gasteiger partial charge in [-0.15, -0.1) is 0 Å². The fourth-order valence-corrected chi connectivity index (χ4v) is 3.63. The number of nitrogens with two attached hydrogens (primary N) is 1. The van der Waals surface area contributed by atoms with Gasteiger partial charge in [-0.1, -0.05) is 39.0 Å². The molecule has 6 nitrogen and oxygen atoms in total. The molecule has 180 valence electrons. The zero-order valence-electron chi connectivity index (χ0n) is 18.6. The first-order valence-electron chi connectivity index (χ1n) is 10.1. The molecule has 10 heteroatoms. The number of alkyl halides is 3. The maximum Gasteiger partial charge on any atom is 0.416 e. The second-order valence-electron chi connectivity index (χ2n) is 8.62. The van der Waals surface area contributed by atoms with Gasteiger partial charge >= 0.3 is 6.18 Å². The third-order valence-electron chi connectivity index (χ3n) is 4.90. The highest BCUT2D eigenvalue weighted by Gasteiger charge is 2.31. The van der Waals surface area contributed by atoms with E-state index in [0.717, 1.165) is 17.7 Å². The first-order valence-corrected chi connectivity index (χ1v) is 11.6. The molecule has 0 saturated carbocycles. The van der Waals surface area contributed by atoms with Crippen molar-refractivity contribution in [2.75, 3.05) is 5.32 Å². The molecular weight excluding hydrogens is 469 g/mol. The topological polar surface area (TPSA) is 98.5 Å². The van der Waals surface area contributed by atoms with Crippen LogP contribution in [0.5, 0.6) is 11.5 Å². The van der Waals surface area contributed by atoms with Crippen molar-refractivity contribution in [3.63, 3.8) is 0 Å². The third kappa shape index (κ3) is 6.15. The molecule has 3 aromatic carbocycles. The molecule has 0 bridgehead atoms. The average Bonchev–Trinajstić information content (AvgIpc) is 2.72. The number of nitrogens with one attached hydrogen (secondary N) is 1. The highest BCUT2D eigenvalue weighted by Crippen LogP contribution is 2.35. The van der Waals surface area contributed by atoms with Crippen LogP contribution >= 0.6 is 0 Å². The second-order valence-corrected chi connectivity index (χ2v) is 10.2. The van der Waals surface area contributed by atoms with E-state index in [-0.39, 0.29) is 33.1 Å². The summed E-state index contributed by atoms with van der Waals surface area (Å²) in [6, 6.07) is 14.5. The minimum absolute atomic E-state index is 0.0476. The monoisotopic (exact) mass is 492 g/mol. The predicted octanol–water partition coefficient (Wildman–Crippen LogP) is 5.69. The molecule has 0 saturated heterocycles. The van der Waals surface area contributed by atoms with Gasteiger partial charge in [0.2, 0.25) is 10.0 Å².